The van der Waals surface area contributed by atoms with E-state index in [1.54, 1.807) is 22.8 Å². The lowest BCUT2D eigenvalue weighted by Gasteiger charge is -2.19. The van der Waals surface area contributed by atoms with E-state index in [4.69, 9.17) is 0 Å². The molecule has 6 heteroatoms. The number of nitrogens with one attached hydrogen (secondary N) is 1. The Bertz CT molecular complexity index is 778. The molecule has 2 aromatic rings. The van der Waals surface area contributed by atoms with Crippen molar-refractivity contribution in [1.29, 1.82) is 0 Å². The van der Waals surface area contributed by atoms with Gasteiger partial charge >= 0.3 is 0 Å². The quantitative estimate of drug-likeness (QED) is 0.946. The minimum atomic E-state index is -3.42. The second-order valence-electron chi connectivity index (χ2n) is 6.51. The molecule has 4 rings (SSSR count). The number of H-pyrrole nitrogens is 1. The van der Waals surface area contributed by atoms with Gasteiger partial charge in [0.05, 0.1) is 0 Å². The molecule has 1 saturated heterocycles. The molecule has 0 radical (unpaired) electrons. The van der Waals surface area contributed by atoms with Gasteiger partial charge in [-0.15, -0.1) is 0 Å². The Kier molecular flexibility index (Phi) is 3.46. The summed E-state index contributed by atoms with van der Waals surface area (Å²) in [5.41, 5.74) is 0.632. The van der Waals surface area contributed by atoms with Gasteiger partial charge in [0.2, 0.25) is 10.0 Å². The molecule has 118 valence electrons. The van der Waals surface area contributed by atoms with Gasteiger partial charge in [-0.25, -0.2) is 13.4 Å². The Labute approximate surface area is 130 Å². The lowest BCUT2D eigenvalue weighted by atomic mass is 9.90. The third-order valence-electron chi connectivity index (χ3n) is 5.28. The van der Waals surface area contributed by atoms with Gasteiger partial charge in [0.25, 0.3) is 0 Å². The van der Waals surface area contributed by atoms with Gasteiger partial charge in [0, 0.05) is 30.9 Å². The molecular formula is C16H21N3O2S. The summed E-state index contributed by atoms with van der Waals surface area (Å²) in [4.78, 5) is 7.51. The molecule has 5 nitrogen and oxygen atoms in total. The fourth-order valence-corrected chi connectivity index (χ4v) is 5.73. The highest BCUT2D eigenvalue weighted by Gasteiger charge is 2.37. The molecule has 3 heterocycles. The summed E-state index contributed by atoms with van der Waals surface area (Å²) in [5, 5.41) is 0.687. The van der Waals surface area contributed by atoms with Crippen LogP contribution in [0.4, 0.5) is 0 Å². The number of sulfonamides is 1. The molecule has 1 atom stereocenters. The topological polar surface area (TPSA) is 66.1 Å². The summed E-state index contributed by atoms with van der Waals surface area (Å²) in [7, 11) is -3.42. The van der Waals surface area contributed by atoms with Gasteiger partial charge in [-0.3, -0.25) is 0 Å². The van der Waals surface area contributed by atoms with Gasteiger partial charge in [-0.1, -0.05) is 25.7 Å². The minimum Gasteiger partial charge on any atom is -0.345 e. The molecular weight excluding hydrogens is 298 g/mol. The number of hydrogen-bond acceptors (Lipinski definition) is 3. The second kappa shape index (κ2) is 5.35. The van der Waals surface area contributed by atoms with Crippen LogP contribution in [0.1, 0.15) is 32.1 Å². The second-order valence-corrected chi connectivity index (χ2v) is 8.42. The Morgan fingerprint density at radius 3 is 2.82 bits per heavy atom. The van der Waals surface area contributed by atoms with Crippen LogP contribution < -0.4 is 0 Å². The zero-order valence-corrected chi connectivity index (χ0v) is 13.3. The molecule has 22 heavy (non-hydrogen) atoms. The maximum Gasteiger partial charge on any atom is 0.245 e. The van der Waals surface area contributed by atoms with E-state index in [9.17, 15) is 8.42 Å². The van der Waals surface area contributed by atoms with Crippen LogP contribution >= 0.6 is 0 Å². The summed E-state index contributed by atoms with van der Waals surface area (Å²) in [6.07, 6.45) is 9.41. The van der Waals surface area contributed by atoms with Gasteiger partial charge in [0.1, 0.15) is 10.5 Å². The maximum absolute atomic E-state index is 12.9. The molecule has 0 bridgehead atoms. The third kappa shape index (κ3) is 2.25. The van der Waals surface area contributed by atoms with Crippen LogP contribution in [0.3, 0.4) is 0 Å². The van der Waals surface area contributed by atoms with E-state index in [1.807, 2.05) is 6.07 Å². The molecule has 2 aromatic heterocycles. The highest BCUT2D eigenvalue weighted by Crippen LogP contribution is 2.38. The lowest BCUT2D eigenvalue weighted by molar-refractivity contribution is 0.347. The molecule has 0 aromatic carbocycles. The van der Waals surface area contributed by atoms with Gasteiger partial charge < -0.3 is 4.98 Å². The van der Waals surface area contributed by atoms with Crippen LogP contribution in [0, 0.1) is 11.8 Å². The fourth-order valence-electron chi connectivity index (χ4n) is 4.07. The van der Waals surface area contributed by atoms with E-state index < -0.39 is 10.0 Å². The van der Waals surface area contributed by atoms with Crippen molar-refractivity contribution in [2.75, 3.05) is 13.1 Å². The first-order valence-electron chi connectivity index (χ1n) is 8.08. The number of fused-ring (bicyclic) bond motifs is 1. The van der Waals surface area contributed by atoms with E-state index >= 15 is 0 Å². The first-order chi connectivity index (χ1) is 10.7. The number of nitrogens with zero attached hydrogens (tertiary/aromatic N) is 2. The largest absolute Gasteiger partial charge is 0.345 e. The predicted octanol–water partition coefficient (Wildman–Crippen LogP) is 2.76. The minimum absolute atomic E-state index is 0.364. The molecule has 1 saturated carbocycles. The molecule has 1 aliphatic heterocycles. The van der Waals surface area contributed by atoms with Gasteiger partial charge in [-0.05, 0) is 30.4 Å². The van der Waals surface area contributed by atoms with E-state index in [0.29, 0.717) is 34.9 Å². The molecule has 1 N–H and O–H groups in total. The Morgan fingerprint density at radius 2 is 2.00 bits per heavy atom. The smallest absolute Gasteiger partial charge is 0.245 e. The summed E-state index contributed by atoms with van der Waals surface area (Å²) >= 11 is 0. The van der Waals surface area contributed by atoms with E-state index in [2.05, 4.69) is 9.97 Å². The molecule has 2 fully saturated rings. The first kappa shape index (κ1) is 14.2. The molecule has 0 amide bonds. The van der Waals surface area contributed by atoms with E-state index in [-0.39, 0.29) is 0 Å². The van der Waals surface area contributed by atoms with Crippen LogP contribution in [-0.4, -0.2) is 35.8 Å². The average Bonchev–Trinajstić information content (AvgIpc) is 3.26. The Hall–Kier alpha value is -1.40. The summed E-state index contributed by atoms with van der Waals surface area (Å²) in [5.74, 6) is 1.27. The van der Waals surface area contributed by atoms with Crippen LogP contribution in [0.25, 0.3) is 11.0 Å². The number of aromatic nitrogens is 2. The predicted molar refractivity (Wildman–Crippen MR) is 84.9 cm³/mol. The highest BCUT2D eigenvalue weighted by atomic mass is 32.2. The van der Waals surface area contributed by atoms with Crippen molar-refractivity contribution in [3.05, 3.63) is 24.5 Å². The van der Waals surface area contributed by atoms with Crippen molar-refractivity contribution in [2.45, 2.75) is 37.0 Å². The summed E-state index contributed by atoms with van der Waals surface area (Å²) in [6, 6.07) is 3.59. The van der Waals surface area contributed by atoms with Crippen LogP contribution in [0.5, 0.6) is 0 Å². The van der Waals surface area contributed by atoms with Crippen molar-refractivity contribution in [2.24, 2.45) is 11.8 Å². The van der Waals surface area contributed by atoms with Crippen molar-refractivity contribution in [1.82, 2.24) is 14.3 Å². The molecule has 2 aliphatic rings. The Morgan fingerprint density at radius 1 is 1.18 bits per heavy atom. The lowest BCUT2D eigenvalue weighted by Crippen LogP contribution is -2.29. The molecule has 0 spiro atoms. The number of rotatable bonds is 3. The van der Waals surface area contributed by atoms with Crippen molar-refractivity contribution >= 4 is 21.1 Å². The van der Waals surface area contributed by atoms with Crippen molar-refractivity contribution in [3.63, 3.8) is 0 Å². The fraction of sp³-hybridized carbons (Fsp3) is 0.562. The SMILES string of the molecule is O=S(=O)(c1c[nH]c2ncccc12)N1CCC(C2CCCC2)C1. The summed E-state index contributed by atoms with van der Waals surface area (Å²) < 4.78 is 27.6. The average molecular weight is 319 g/mol. The summed E-state index contributed by atoms with van der Waals surface area (Å²) in [6.45, 7) is 1.33. The monoisotopic (exact) mass is 319 g/mol. The maximum atomic E-state index is 12.9. The van der Waals surface area contributed by atoms with E-state index in [1.165, 1.54) is 25.7 Å². The normalized spacial score (nSPS) is 24.5. The molecule has 1 aliphatic carbocycles. The van der Waals surface area contributed by atoms with E-state index in [0.717, 1.165) is 12.3 Å². The zero-order chi connectivity index (χ0) is 15.2. The number of aromatic amines is 1. The zero-order valence-electron chi connectivity index (χ0n) is 12.5. The van der Waals surface area contributed by atoms with Crippen molar-refractivity contribution in [3.8, 4) is 0 Å². The van der Waals surface area contributed by atoms with Crippen molar-refractivity contribution < 1.29 is 8.42 Å². The number of pyridine rings is 1. The Balaban J connectivity index is 1.61. The van der Waals surface area contributed by atoms with Crippen LogP contribution in [0.2, 0.25) is 0 Å². The number of hydrogen-bond donors (Lipinski definition) is 1. The van der Waals surface area contributed by atoms with Gasteiger partial charge in [0.15, 0.2) is 0 Å². The van der Waals surface area contributed by atoms with Crippen LogP contribution in [-0.2, 0) is 10.0 Å². The highest BCUT2D eigenvalue weighted by molar-refractivity contribution is 7.89. The van der Waals surface area contributed by atoms with Gasteiger partial charge in [-0.2, -0.15) is 4.31 Å². The molecule has 1 unspecified atom stereocenters. The van der Waals surface area contributed by atoms with Crippen LogP contribution in [0.15, 0.2) is 29.4 Å². The third-order valence-corrected chi connectivity index (χ3v) is 7.19. The standard InChI is InChI=1S/C16H21N3O2S/c20-22(21,15-10-18-16-14(15)6-3-8-17-16)19-9-7-13(11-19)12-4-1-2-5-12/h3,6,8,10,12-13H,1-2,4-5,7,9,11H2,(H,17,18). The first-order valence-corrected chi connectivity index (χ1v) is 9.52.